The predicted octanol–water partition coefficient (Wildman–Crippen LogP) is 1.63. The molecule has 0 bridgehead atoms. The molecule has 1 fully saturated rings. The number of nitrogens with one attached hydrogen (secondary N) is 1. The minimum atomic E-state index is -0.389. The van der Waals surface area contributed by atoms with Crippen molar-refractivity contribution in [3.63, 3.8) is 0 Å². The molecule has 2 atom stereocenters. The van der Waals surface area contributed by atoms with Gasteiger partial charge in [0, 0.05) is 19.1 Å². The van der Waals surface area contributed by atoms with Crippen molar-refractivity contribution in [2.75, 3.05) is 32.8 Å². The first-order valence-corrected chi connectivity index (χ1v) is 7.91. The minimum Gasteiger partial charge on any atom is -0.389 e. The van der Waals surface area contributed by atoms with E-state index in [1.165, 1.54) is 25.7 Å². The van der Waals surface area contributed by atoms with Gasteiger partial charge in [-0.25, -0.2) is 0 Å². The molecule has 1 saturated carbocycles. The van der Waals surface area contributed by atoms with Crippen molar-refractivity contribution in [3.8, 4) is 0 Å². The van der Waals surface area contributed by atoms with Crippen molar-refractivity contribution in [2.45, 2.75) is 64.7 Å². The Morgan fingerprint density at radius 1 is 1.26 bits per heavy atom. The molecule has 1 aliphatic carbocycles. The zero-order chi connectivity index (χ0) is 14.1. The monoisotopic (exact) mass is 272 g/mol. The maximum atomic E-state index is 9.91. The van der Waals surface area contributed by atoms with Crippen molar-refractivity contribution < 1.29 is 9.84 Å². The van der Waals surface area contributed by atoms with E-state index in [4.69, 9.17) is 4.74 Å². The van der Waals surface area contributed by atoms with E-state index in [9.17, 15) is 5.11 Å². The van der Waals surface area contributed by atoms with Crippen molar-refractivity contribution in [2.24, 2.45) is 0 Å². The fourth-order valence-corrected chi connectivity index (χ4v) is 2.63. The lowest BCUT2D eigenvalue weighted by molar-refractivity contribution is -0.00635. The van der Waals surface area contributed by atoms with E-state index < -0.39 is 0 Å². The van der Waals surface area contributed by atoms with Crippen molar-refractivity contribution >= 4 is 0 Å². The van der Waals surface area contributed by atoms with Crippen LogP contribution in [0.4, 0.5) is 0 Å². The average molecular weight is 272 g/mol. The molecule has 0 heterocycles. The highest BCUT2D eigenvalue weighted by atomic mass is 16.5. The molecular formula is C15H32N2O2. The van der Waals surface area contributed by atoms with Gasteiger partial charge in [0.1, 0.15) is 0 Å². The van der Waals surface area contributed by atoms with Gasteiger partial charge in [-0.1, -0.05) is 26.7 Å². The molecular weight excluding hydrogens is 240 g/mol. The number of rotatable bonds is 10. The Morgan fingerprint density at radius 3 is 2.47 bits per heavy atom. The molecule has 4 nitrogen and oxygen atoms in total. The second-order valence-corrected chi connectivity index (χ2v) is 5.69. The summed E-state index contributed by atoms with van der Waals surface area (Å²) < 4.78 is 5.72. The quantitative estimate of drug-likeness (QED) is 0.634. The van der Waals surface area contributed by atoms with Crippen LogP contribution >= 0.6 is 0 Å². The molecule has 0 aliphatic heterocycles. The van der Waals surface area contributed by atoms with Gasteiger partial charge < -0.3 is 20.1 Å². The Morgan fingerprint density at radius 2 is 1.89 bits per heavy atom. The second kappa shape index (κ2) is 9.70. The zero-order valence-corrected chi connectivity index (χ0v) is 12.9. The predicted molar refractivity (Wildman–Crippen MR) is 79.5 cm³/mol. The lowest BCUT2D eigenvalue weighted by atomic mass is 10.2. The Hall–Kier alpha value is -0.160. The van der Waals surface area contributed by atoms with Crippen LogP contribution in [0, 0.1) is 0 Å². The summed E-state index contributed by atoms with van der Waals surface area (Å²) in [5, 5.41) is 13.3. The van der Waals surface area contributed by atoms with Crippen LogP contribution < -0.4 is 5.32 Å². The number of hydrogen-bond donors (Lipinski definition) is 2. The molecule has 0 spiro atoms. The third kappa shape index (κ3) is 7.25. The van der Waals surface area contributed by atoms with Crippen LogP contribution in [0.15, 0.2) is 0 Å². The highest BCUT2D eigenvalue weighted by Crippen LogP contribution is 2.20. The first kappa shape index (κ1) is 16.9. The Kier molecular flexibility index (Phi) is 8.62. The van der Waals surface area contributed by atoms with Crippen LogP contribution in [0.3, 0.4) is 0 Å². The van der Waals surface area contributed by atoms with Gasteiger partial charge in [0.05, 0.1) is 18.8 Å². The van der Waals surface area contributed by atoms with E-state index >= 15 is 0 Å². The molecule has 0 aromatic carbocycles. The van der Waals surface area contributed by atoms with Crippen LogP contribution in [-0.4, -0.2) is 61.0 Å². The first-order chi connectivity index (χ1) is 9.15. The van der Waals surface area contributed by atoms with Crippen LogP contribution in [0.25, 0.3) is 0 Å². The van der Waals surface area contributed by atoms with Crippen molar-refractivity contribution in [1.82, 2.24) is 10.2 Å². The summed E-state index contributed by atoms with van der Waals surface area (Å²) in [6.45, 7) is 10.8. The zero-order valence-electron chi connectivity index (χ0n) is 12.9. The van der Waals surface area contributed by atoms with Crippen LogP contribution in [-0.2, 0) is 4.74 Å². The summed E-state index contributed by atoms with van der Waals surface area (Å²) >= 11 is 0. The first-order valence-electron chi connectivity index (χ1n) is 7.91. The van der Waals surface area contributed by atoms with E-state index in [2.05, 4.69) is 31.0 Å². The fraction of sp³-hybridized carbons (Fsp3) is 1.00. The number of nitrogens with zero attached hydrogens (tertiary/aromatic N) is 1. The molecule has 0 amide bonds. The molecule has 0 aromatic heterocycles. The molecule has 2 unspecified atom stereocenters. The molecule has 0 radical (unpaired) electrons. The largest absolute Gasteiger partial charge is 0.389 e. The van der Waals surface area contributed by atoms with E-state index in [1.807, 2.05) is 0 Å². The highest BCUT2D eigenvalue weighted by molar-refractivity contribution is 4.71. The molecule has 19 heavy (non-hydrogen) atoms. The summed E-state index contributed by atoms with van der Waals surface area (Å²) in [4.78, 5) is 2.39. The van der Waals surface area contributed by atoms with E-state index in [-0.39, 0.29) is 6.10 Å². The van der Waals surface area contributed by atoms with Gasteiger partial charge in [-0.3, -0.25) is 0 Å². The maximum Gasteiger partial charge on any atom is 0.0897 e. The Labute approximate surface area is 118 Å². The van der Waals surface area contributed by atoms with E-state index in [0.717, 1.165) is 19.6 Å². The topological polar surface area (TPSA) is 44.7 Å². The third-order valence-electron chi connectivity index (χ3n) is 3.95. The molecule has 0 aromatic rings. The van der Waals surface area contributed by atoms with Crippen LogP contribution in [0.2, 0.25) is 0 Å². The molecule has 1 aliphatic rings. The molecule has 1 rings (SSSR count). The maximum absolute atomic E-state index is 9.91. The molecule has 114 valence electrons. The lowest BCUT2D eigenvalue weighted by Crippen LogP contribution is -2.43. The number of ether oxygens (including phenoxy) is 1. The summed E-state index contributed by atoms with van der Waals surface area (Å²) in [7, 11) is 0. The van der Waals surface area contributed by atoms with Gasteiger partial charge in [-0.2, -0.15) is 0 Å². The van der Waals surface area contributed by atoms with Crippen molar-refractivity contribution in [3.05, 3.63) is 0 Å². The number of aliphatic hydroxyl groups is 1. The van der Waals surface area contributed by atoms with Gasteiger partial charge in [0.2, 0.25) is 0 Å². The van der Waals surface area contributed by atoms with E-state index in [1.54, 1.807) is 0 Å². The Bertz CT molecular complexity index is 216. The number of aliphatic hydroxyl groups excluding tert-OH is 1. The van der Waals surface area contributed by atoms with Gasteiger partial charge in [0.25, 0.3) is 0 Å². The molecule has 4 heteroatoms. The summed E-state index contributed by atoms with van der Waals surface area (Å²) in [6, 6.07) is 0.404. The SMILES string of the molecule is CCN(CC)CC(C)NCC(O)COC1CCCC1. The lowest BCUT2D eigenvalue weighted by Gasteiger charge is -2.24. The Balaban J connectivity index is 2.06. The summed E-state index contributed by atoms with van der Waals surface area (Å²) in [5.41, 5.74) is 0. The fourth-order valence-electron chi connectivity index (χ4n) is 2.63. The number of hydrogen-bond acceptors (Lipinski definition) is 4. The van der Waals surface area contributed by atoms with Crippen LogP contribution in [0.1, 0.15) is 46.5 Å². The van der Waals surface area contributed by atoms with Gasteiger partial charge in [0.15, 0.2) is 0 Å². The summed E-state index contributed by atoms with van der Waals surface area (Å²) in [6.07, 6.45) is 4.89. The summed E-state index contributed by atoms with van der Waals surface area (Å²) in [5.74, 6) is 0. The normalized spacial score (nSPS) is 20.1. The minimum absolute atomic E-state index is 0.389. The van der Waals surface area contributed by atoms with E-state index in [0.29, 0.717) is 25.3 Å². The average Bonchev–Trinajstić information content (AvgIpc) is 2.93. The number of likely N-dealkylation sites (N-methyl/N-ethyl adjacent to an activating group) is 1. The van der Waals surface area contributed by atoms with Crippen LogP contribution in [0.5, 0.6) is 0 Å². The second-order valence-electron chi connectivity index (χ2n) is 5.69. The van der Waals surface area contributed by atoms with Crippen molar-refractivity contribution in [1.29, 1.82) is 0 Å². The van der Waals surface area contributed by atoms with Gasteiger partial charge in [-0.05, 0) is 32.9 Å². The third-order valence-corrected chi connectivity index (χ3v) is 3.95. The standard InChI is InChI=1S/C15H32N2O2/c1-4-17(5-2)11-13(3)16-10-14(18)12-19-15-8-6-7-9-15/h13-16,18H,4-12H2,1-3H3. The van der Waals surface area contributed by atoms with Gasteiger partial charge >= 0.3 is 0 Å². The molecule has 2 N–H and O–H groups in total. The smallest absolute Gasteiger partial charge is 0.0897 e. The van der Waals surface area contributed by atoms with Gasteiger partial charge in [-0.15, -0.1) is 0 Å². The molecule has 0 saturated heterocycles. The highest BCUT2D eigenvalue weighted by Gasteiger charge is 2.17.